The molecule has 3 rings (SSSR count). The number of aryl methyl sites for hydroxylation is 1. The average molecular weight is 406 g/mol. The summed E-state index contributed by atoms with van der Waals surface area (Å²) in [5.74, 6) is 0.132. The number of benzene rings is 1. The summed E-state index contributed by atoms with van der Waals surface area (Å²) in [6.07, 6.45) is -3.54. The summed E-state index contributed by atoms with van der Waals surface area (Å²) in [5, 5.41) is 0. The predicted octanol–water partition coefficient (Wildman–Crippen LogP) is 4.15. The molecule has 29 heavy (non-hydrogen) atoms. The van der Waals surface area contributed by atoms with Gasteiger partial charge in [-0.3, -0.25) is 9.59 Å². The van der Waals surface area contributed by atoms with Crippen LogP contribution >= 0.6 is 0 Å². The Morgan fingerprint density at radius 1 is 1.07 bits per heavy atom. The summed E-state index contributed by atoms with van der Waals surface area (Å²) in [7, 11) is 1.55. The molecule has 2 aromatic rings. The maximum Gasteiger partial charge on any atom is 0.433 e. The Bertz CT molecular complexity index is 902. The van der Waals surface area contributed by atoms with Crippen molar-refractivity contribution in [2.24, 2.45) is 5.92 Å². The van der Waals surface area contributed by atoms with Gasteiger partial charge in [-0.05, 0) is 56.2 Å². The zero-order valence-electron chi connectivity index (χ0n) is 16.1. The lowest BCUT2D eigenvalue weighted by Crippen LogP contribution is -2.40. The van der Waals surface area contributed by atoms with Gasteiger partial charge in [0.15, 0.2) is 5.78 Å². The summed E-state index contributed by atoms with van der Waals surface area (Å²) in [5.41, 5.74) is -0.229. The van der Waals surface area contributed by atoms with Crippen molar-refractivity contribution >= 4 is 11.7 Å². The zero-order valence-corrected chi connectivity index (χ0v) is 16.1. The highest BCUT2D eigenvalue weighted by Gasteiger charge is 2.34. The Labute approximate surface area is 166 Å². The van der Waals surface area contributed by atoms with Gasteiger partial charge in [0.2, 0.25) is 0 Å². The first-order chi connectivity index (χ1) is 13.7. The molecule has 0 radical (unpaired) electrons. The summed E-state index contributed by atoms with van der Waals surface area (Å²) in [4.78, 5) is 30.5. The molecule has 1 aliphatic heterocycles. The normalized spacial score (nSPS) is 15.3. The second-order valence-corrected chi connectivity index (χ2v) is 6.99. The molecule has 1 aromatic heterocycles. The van der Waals surface area contributed by atoms with E-state index >= 15 is 0 Å². The van der Waals surface area contributed by atoms with Crippen LogP contribution in [0.2, 0.25) is 0 Å². The number of amides is 1. The van der Waals surface area contributed by atoms with Crippen molar-refractivity contribution in [2.45, 2.75) is 25.9 Å². The highest BCUT2D eigenvalue weighted by molar-refractivity contribution is 5.98. The first-order valence-corrected chi connectivity index (χ1v) is 9.23. The van der Waals surface area contributed by atoms with Crippen LogP contribution in [0.3, 0.4) is 0 Å². The van der Waals surface area contributed by atoms with Gasteiger partial charge in [-0.1, -0.05) is 0 Å². The van der Waals surface area contributed by atoms with Gasteiger partial charge in [0.1, 0.15) is 11.4 Å². The molecule has 0 bridgehead atoms. The minimum Gasteiger partial charge on any atom is -0.497 e. The quantitative estimate of drug-likeness (QED) is 0.716. The van der Waals surface area contributed by atoms with Crippen molar-refractivity contribution in [3.63, 3.8) is 0 Å². The predicted molar refractivity (Wildman–Crippen MR) is 99.9 cm³/mol. The summed E-state index contributed by atoms with van der Waals surface area (Å²) in [6.45, 7) is 2.13. The lowest BCUT2D eigenvalue weighted by molar-refractivity contribution is -0.141. The summed E-state index contributed by atoms with van der Waals surface area (Å²) >= 11 is 0. The van der Waals surface area contributed by atoms with E-state index in [2.05, 4.69) is 4.98 Å². The molecule has 0 atom stereocenters. The topological polar surface area (TPSA) is 59.5 Å². The van der Waals surface area contributed by atoms with Crippen LogP contribution < -0.4 is 4.74 Å². The fraction of sp³-hybridized carbons (Fsp3) is 0.381. The third-order valence-electron chi connectivity index (χ3n) is 5.13. The molecule has 1 fully saturated rings. The smallest absolute Gasteiger partial charge is 0.433 e. The minimum absolute atomic E-state index is 0.0205. The first-order valence-electron chi connectivity index (χ1n) is 9.23. The molecule has 0 aliphatic carbocycles. The Morgan fingerprint density at radius 3 is 2.21 bits per heavy atom. The number of ether oxygens (including phenoxy) is 1. The monoisotopic (exact) mass is 406 g/mol. The lowest BCUT2D eigenvalue weighted by Gasteiger charge is -2.31. The van der Waals surface area contributed by atoms with Gasteiger partial charge < -0.3 is 9.64 Å². The molecule has 5 nitrogen and oxygen atoms in total. The molecule has 154 valence electrons. The number of hydrogen-bond acceptors (Lipinski definition) is 4. The van der Waals surface area contributed by atoms with Gasteiger partial charge in [-0.25, -0.2) is 4.98 Å². The maximum absolute atomic E-state index is 12.8. The molecule has 1 saturated heterocycles. The van der Waals surface area contributed by atoms with Gasteiger partial charge in [-0.2, -0.15) is 13.2 Å². The van der Waals surface area contributed by atoms with Crippen molar-refractivity contribution in [1.82, 2.24) is 9.88 Å². The number of alkyl halides is 3. The molecule has 1 amide bonds. The third-order valence-corrected chi connectivity index (χ3v) is 5.13. The van der Waals surface area contributed by atoms with E-state index in [1.165, 1.54) is 13.0 Å². The Kier molecular flexibility index (Phi) is 5.91. The number of Topliss-reactive ketones (excluding diaryl/α,β-unsaturated/α-hetero) is 1. The highest BCUT2D eigenvalue weighted by atomic mass is 19.4. The van der Waals surface area contributed by atoms with Gasteiger partial charge >= 0.3 is 6.18 Å². The second-order valence-electron chi connectivity index (χ2n) is 6.99. The number of ketones is 1. The lowest BCUT2D eigenvalue weighted by atomic mass is 9.88. The largest absolute Gasteiger partial charge is 0.497 e. The number of methoxy groups -OCH3 is 1. The fourth-order valence-corrected chi connectivity index (χ4v) is 3.45. The van der Waals surface area contributed by atoms with Gasteiger partial charge in [0.05, 0.1) is 18.4 Å². The van der Waals surface area contributed by atoms with Crippen molar-refractivity contribution in [3.05, 3.63) is 58.9 Å². The third kappa shape index (κ3) is 4.58. The van der Waals surface area contributed by atoms with Crippen LogP contribution in [0.1, 0.15) is 44.9 Å². The minimum atomic E-state index is -4.55. The van der Waals surface area contributed by atoms with Crippen molar-refractivity contribution in [3.8, 4) is 5.75 Å². The van der Waals surface area contributed by atoms with E-state index in [-0.39, 0.29) is 28.9 Å². The molecule has 8 heteroatoms. The number of aromatic nitrogens is 1. The van der Waals surface area contributed by atoms with E-state index < -0.39 is 11.9 Å². The van der Waals surface area contributed by atoms with Gasteiger partial charge in [-0.15, -0.1) is 0 Å². The van der Waals surface area contributed by atoms with Crippen molar-refractivity contribution in [2.75, 3.05) is 20.2 Å². The van der Waals surface area contributed by atoms with Crippen LogP contribution in [-0.2, 0) is 6.18 Å². The molecular formula is C21H21F3N2O3. The Balaban J connectivity index is 1.64. The zero-order chi connectivity index (χ0) is 21.2. The highest BCUT2D eigenvalue weighted by Crippen LogP contribution is 2.29. The van der Waals surface area contributed by atoms with Crippen LogP contribution in [0.25, 0.3) is 0 Å². The van der Waals surface area contributed by atoms with E-state index in [1.807, 2.05) is 0 Å². The van der Waals surface area contributed by atoms with Crippen LogP contribution in [0.15, 0.2) is 36.4 Å². The van der Waals surface area contributed by atoms with Crippen LogP contribution in [0.4, 0.5) is 13.2 Å². The van der Waals surface area contributed by atoms with E-state index in [4.69, 9.17) is 4.74 Å². The number of rotatable bonds is 4. The molecule has 2 heterocycles. The van der Waals surface area contributed by atoms with Crippen LogP contribution in [0.5, 0.6) is 5.75 Å². The number of halogens is 3. The van der Waals surface area contributed by atoms with Crippen molar-refractivity contribution < 1.29 is 27.5 Å². The Hall–Kier alpha value is -2.90. The molecular weight excluding hydrogens is 385 g/mol. The molecule has 0 unspecified atom stereocenters. The molecule has 0 saturated carbocycles. The van der Waals surface area contributed by atoms with Crippen LogP contribution in [0, 0.1) is 12.8 Å². The summed E-state index contributed by atoms with van der Waals surface area (Å²) < 4.78 is 43.4. The molecule has 0 spiro atoms. The number of carbonyl (C=O) groups excluding carboxylic acids is 2. The number of nitrogens with zero attached hydrogens (tertiary/aromatic N) is 2. The standard InChI is InChI=1S/C21H21F3N2O3/c1-13-17(7-8-18(25-13)21(22,23)24)20(28)26-11-9-15(10-12-26)19(27)14-3-5-16(29-2)6-4-14/h3-8,15H,9-12H2,1-2H3. The maximum atomic E-state index is 12.8. The molecule has 0 N–H and O–H groups in total. The van der Waals surface area contributed by atoms with E-state index in [0.29, 0.717) is 37.2 Å². The average Bonchev–Trinajstić information content (AvgIpc) is 2.72. The number of pyridine rings is 1. The SMILES string of the molecule is COc1ccc(C(=O)C2CCN(C(=O)c3ccc(C(F)(F)F)nc3C)CC2)cc1. The number of piperidine rings is 1. The fourth-order valence-electron chi connectivity index (χ4n) is 3.45. The molecule has 1 aromatic carbocycles. The van der Waals surface area contributed by atoms with E-state index in [0.717, 1.165) is 6.07 Å². The van der Waals surface area contributed by atoms with E-state index in [9.17, 15) is 22.8 Å². The Morgan fingerprint density at radius 2 is 1.69 bits per heavy atom. The van der Waals surface area contributed by atoms with Crippen molar-refractivity contribution in [1.29, 1.82) is 0 Å². The number of hydrogen-bond donors (Lipinski definition) is 0. The number of likely N-dealkylation sites (tertiary alicyclic amines) is 1. The molecule has 1 aliphatic rings. The first kappa shape index (κ1) is 20.8. The second kappa shape index (κ2) is 8.23. The van der Waals surface area contributed by atoms with E-state index in [1.54, 1.807) is 36.3 Å². The van der Waals surface area contributed by atoms with Gasteiger partial charge in [0, 0.05) is 24.6 Å². The van der Waals surface area contributed by atoms with Crippen LogP contribution in [-0.4, -0.2) is 41.8 Å². The van der Waals surface area contributed by atoms with Gasteiger partial charge in [0.25, 0.3) is 5.91 Å². The summed E-state index contributed by atoms with van der Waals surface area (Å²) in [6, 6.07) is 8.88. The number of carbonyl (C=O) groups is 2.